The first-order valence-corrected chi connectivity index (χ1v) is 10.9. The lowest BCUT2D eigenvalue weighted by atomic mass is 9.77. The lowest BCUT2D eigenvalue weighted by Gasteiger charge is -2.33. The molecule has 2 fully saturated rings. The molecule has 156 valence electrons. The van der Waals surface area contributed by atoms with Crippen molar-refractivity contribution in [2.75, 3.05) is 6.54 Å². The van der Waals surface area contributed by atoms with E-state index < -0.39 is 11.6 Å². The predicted molar refractivity (Wildman–Crippen MR) is 110 cm³/mol. The molecule has 1 atom stereocenters. The first kappa shape index (κ1) is 19.9. The average Bonchev–Trinajstić information content (AvgIpc) is 2.94. The van der Waals surface area contributed by atoms with Crippen LogP contribution >= 0.6 is 0 Å². The Balaban J connectivity index is 1.38. The maximum atomic E-state index is 12.9. The number of nitrogens with zero attached hydrogens (tertiary/aromatic N) is 1. The third-order valence-electron chi connectivity index (χ3n) is 6.93. The summed E-state index contributed by atoms with van der Waals surface area (Å²) in [6.07, 6.45) is 7.82. The number of aryl methyl sites for hydroxylation is 2. The fourth-order valence-electron chi connectivity index (χ4n) is 4.95. The van der Waals surface area contributed by atoms with E-state index in [2.05, 4.69) is 35.8 Å². The van der Waals surface area contributed by atoms with Gasteiger partial charge in [0.15, 0.2) is 0 Å². The number of fused-ring (bicyclic) bond motifs is 1. The van der Waals surface area contributed by atoms with Gasteiger partial charge in [0.1, 0.15) is 12.1 Å². The minimum absolute atomic E-state index is 0.167. The van der Waals surface area contributed by atoms with Crippen molar-refractivity contribution in [2.24, 2.45) is 5.92 Å². The summed E-state index contributed by atoms with van der Waals surface area (Å²) in [7, 11) is 0. The number of hydrogen-bond donors (Lipinski definition) is 2. The van der Waals surface area contributed by atoms with Crippen LogP contribution in [0.3, 0.4) is 0 Å². The summed E-state index contributed by atoms with van der Waals surface area (Å²) in [6.45, 7) is 3.89. The van der Waals surface area contributed by atoms with Gasteiger partial charge in [-0.25, -0.2) is 4.79 Å². The third kappa shape index (κ3) is 3.89. The molecule has 4 rings (SSSR count). The normalized spacial score (nSPS) is 27.5. The maximum Gasteiger partial charge on any atom is 0.325 e. The summed E-state index contributed by atoms with van der Waals surface area (Å²) in [4.78, 5) is 39.0. The predicted octanol–water partition coefficient (Wildman–Crippen LogP) is 3.24. The lowest BCUT2D eigenvalue weighted by Crippen LogP contribution is -2.50. The second-order valence-electron chi connectivity index (χ2n) is 9.11. The summed E-state index contributed by atoms with van der Waals surface area (Å²) < 4.78 is 0. The first-order valence-electron chi connectivity index (χ1n) is 10.9. The van der Waals surface area contributed by atoms with Crippen molar-refractivity contribution >= 4 is 17.8 Å². The molecule has 1 heterocycles. The zero-order valence-electron chi connectivity index (χ0n) is 17.4. The highest BCUT2D eigenvalue weighted by atomic mass is 16.2. The highest BCUT2D eigenvalue weighted by molar-refractivity contribution is 6.09. The monoisotopic (exact) mass is 397 g/mol. The Morgan fingerprint density at radius 3 is 2.62 bits per heavy atom. The third-order valence-corrected chi connectivity index (χ3v) is 6.93. The molecule has 1 saturated heterocycles. The fraction of sp³-hybridized carbons (Fsp3) is 0.609. The van der Waals surface area contributed by atoms with Gasteiger partial charge >= 0.3 is 6.03 Å². The number of imide groups is 1. The number of carbonyl (C=O) groups is 3. The molecule has 0 aromatic heterocycles. The van der Waals surface area contributed by atoms with E-state index in [0.717, 1.165) is 36.1 Å². The minimum Gasteiger partial charge on any atom is -0.348 e. The Labute approximate surface area is 172 Å². The van der Waals surface area contributed by atoms with Crippen LogP contribution in [0.5, 0.6) is 0 Å². The zero-order chi connectivity index (χ0) is 20.6. The number of rotatable bonds is 4. The van der Waals surface area contributed by atoms with Crippen molar-refractivity contribution < 1.29 is 14.4 Å². The van der Waals surface area contributed by atoms with E-state index in [9.17, 15) is 14.4 Å². The van der Waals surface area contributed by atoms with Crippen LogP contribution in [-0.2, 0) is 22.4 Å². The number of amides is 4. The molecule has 6 heteroatoms. The van der Waals surface area contributed by atoms with Crippen molar-refractivity contribution in [2.45, 2.75) is 76.8 Å². The molecular weight excluding hydrogens is 366 g/mol. The van der Waals surface area contributed by atoms with Crippen molar-refractivity contribution in [3.63, 3.8) is 0 Å². The van der Waals surface area contributed by atoms with Crippen LogP contribution in [-0.4, -0.2) is 34.8 Å². The molecule has 2 aliphatic carbocycles. The number of carbonyl (C=O) groups excluding carboxylic acids is 3. The van der Waals surface area contributed by atoms with Crippen LogP contribution in [0.4, 0.5) is 4.79 Å². The highest BCUT2D eigenvalue weighted by Crippen LogP contribution is 2.36. The molecule has 1 saturated carbocycles. The lowest BCUT2D eigenvalue weighted by molar-refractivity contribution is -0.136. The fourth-order valence-corrected chi connectivity index (χ4v) is 4.95. The van der Waals surface area contributed by atoms with Gasteiger partial charge in [0, 0.05) is 0 Å². The minimum atomic E-state index is -0.798. The summed E-state index contributed by atoms with van der Waals surface area (Å²) in [5.74, 6) is 0.0195. The summed E-state index contributed by atoms with van der Waals surface area (Å²) in [5, 5.41) is 5.83. The molecule has 1 aliphatic heterocycles. The van der Waals surface area contributed by atoms with Gasteiger partial charge in [0.2, 0.25) is 5.91 Å². The molecule has 1 aromatic carbocycles. The second kappa shape index (κ2) is 7.81. The van der Waals surface area contributed by atoms with Gasteiger partial charge in [-0.2, -0.15) is 0 Å². The Bertz CT molecular complexity index is 827. The number of urea groups is 1. The van der Waals surface area contributed by atoms with Gasteiger partial charge in [-0.1, -0.05) is 25.1 Å². The quantitative estimate of drug-likeness (QED) is 0.766. The van der Waals surface area contributed by atoms with Crippen molar-refractivity contribution in [3.05, 3.63) is 34.9 Å². The summed E-state index contributed by atoms with van der Waals surface area (Å²) in [5.41, 5.74) is 3.05. The first-order chi connectivity index (χ1) is 13.9. The standard InChI is InChI=1S/C23H31N3O3/c1-15-9-11-23(12-10-15)21(28)26(22(29)25-23)14-20(27)24-16(2)18-8-7-17-5-3-4-6-19(17)13-18/h7-8,13,15-16H,3-6,9-12,14H2,1-2H3,(H,24,27)(H,25,29)/t15?,16-,23?/m0/s1. The molecule has 1 aromatic rings. The van der Waals surface area contributed by atoms with E-state index >= 15 is 0 Å². The van der Waals surface area contributed by atoms with Crippen LogP contribution in [0.15, 0.2) is 18.2 Å². The SMILES string of the molecule is CC1CCC2(CC1)NC(=O)N(CC(=O)N[C@@H](C)c1ccc3c(c1)CCCC3)C2=O. The molecule has 29 heavy (non-hydrogen) atoms. The van der Waals surface area contributed by atoms with E-state index in [4.69, 9.17) is 0 Å². The van der Waals surface area contributed by atoms with E-state index in [0.29, 0.717) is 18.8 Å². The topological polar surface area (TPSA) is 78.5 Å². The van der Waals surface area contributed by atoms with E-state index in [1.54, 1.807) is 0 Å². The molecule has 0 unspecified atom stereocenters. The number of hydrogen-bond acceptors (Lipinski definition) is 3. The molecule has 1 spiro atoms. The van der Waals surface area contributed by atoms with Gasteiger partial charge in [0.05, 0.1) is 6.04 Å². The van der Waals surface area contributed by atoms with Crippen LogP contribution in [0, 0.1) is 5.92 Å². The molecule has 2 N–H and O–H groups in total. The van der Waals surface area contributed by atoms with Crippen LogP contribution in [0.25, 0.3) is 0 Å². The average molecular weight is 398 g/mol. The van der Waals surface area contributed by atoms with Crippen LogP contribution < -0.4 is 10.6 Å². The molecule has 6 nitrogen and oxygen atoms in total. The van der Waals surface area contributed by atoms with Gasteiger partial charge in [-0.05, 0) is 80.9 Å². The summed E-state index contributed by atoms with van der Waals surface area (Å²) in [6, 6.07) is 5.81. The van der Waals surface area contributed by atoms with Gasteiger partial charge < -0.3 is 10.6 Å². The Morgan fingerprint density at radius 1 is 1.21 bits per heavy atom. The smallest absolute Gasteiger partial charge is 0.325 e. The maximum absolute atomic E-state index is 12.9. The summed E-state index contributed by atoms with van der Waals surface area (Å²) >= 11 is 0. The van der Waals surface area contributed by atoms with Gasteiger partial charge in [0.25, 0.3) is 5.91 Å². The highest BCUT2D eigenvalue weighted by Gasteiger charge is 2.52. The largest absolute Gasteiger partial charge is 0.348 e. The van der Waals surface area contributed by atoms with Crippen LogP contribution in [0.2, 0.25) is 0 Å². The zero-order valence-corrected chi connectivity index (χ0v) is 17.4. The Hall–Kier alpha value is -2.37. The Morgan fingerprint density at radius 2 is 1.90 bits per heavy atom. The molecule has 3 aliphatic rings. The van der Waals surface area contributed by atoms with E-state index in [1.807, 2.05) is 6.92 Å². The van der Waals surface area contributed by atoms with Crippen LogP contribution in [0.1, 0.15) is 75.1 Å². The Kier molecular flexibility index (Phi) is 5.36. The van der Waals surface area contributed by atoms with E-state index in [-0.39, 0.29) is 24.4 Å². The molecular formula is C23H31N3O3. The van der Waals surface area contributed by atoms with Crippen molar-refractivity contribution in [3.8, 4) is 0 Å². The van der Waals surface area contributed by atoms with Gasteiger partial charge in [-0.3, -0.25) is 14.5 Å². The van der Waals surface area contributed by atoms with Crippen molar-refractivity contribution in [1.29, 1.82) is 0 Å². The van der Waals surface area contributed by atoms with E-state index in [1.165, 1.54) is 24.0 Å². The number of nitrogens with one attached hydrogen (secondary N) is 2. The second-order valence-corrected chi connectivity index (χ2v) is 9.11. The van der Waals surface area contributed by atoms with Crippen molar-refractivity contribution in [1.82, 2.24) is 15.5 Å². The molecule has 4 amide bonds. The molecule has 0 bridgehead atoms. The van der Waals surface area contributed by atoms with Gasteiger partial charge in [-0.15, -0.1) is 0 Å². The molecule has 0 radical (unpaired) electrons. The number of benzene rings is 1.